The van der Waals surface area contributed by atoms with Crippen molar-refractivity contribution < 1.29 is 30.6 Å². The molecule has 0 amide bonds. The monoisotopic (exact) mass is 1040 g/mol. The van der Waals surface area contributed by atoms with Gasteiger partial charge in [-0.05, 0) is 217 Å². The lowest BCUT2D eigenvalue weighted by molar-refractivity contribution is 0.390. The van der Waals surface area contributed by atoms with Crippen LogP contribution in [0.5, 0.6) is 34.5 Å². The lowest BCUT2D eigenvalue weighted by atomic mass is 9.90. The minimum atomic E-state index is -0.156. The fourth-order valence-electron chi connectivity index (χ4n) is 13.4. The van der Waals surface area contributed by atoms with Gasteiger partial charge in [0.25, 0.3) is 0 Å². The van der Waals surface area contributed by atoms with Gasteiger partial charge in [-0.25, -0.2) is 0 Å². The highest BCUT2D eigenvalue weighted by atomic mass is 16.3. The summed E-state index contributed by atoms with van der Waals surface area (Å²) in [6.45, 7) is 0. The molecule has 12 heterocycles. The van der Waals surface area contributed by atoms with Crippen LogP contribution in [0.3, 0.4) is 0 Å². The molecule has 0 aromatic heterocycles. The van der Waals surface area contributed by atoms with Crippen molar-refractivity contribution >= 4 is 37.3 Å². The zero-order chi connectivity index (χ0) is 53.0. The predicted octanol–water partition coefficient (Wildman–Crippen LogP) is 11.3. The van der Waals surface area contributed by atoms with Crippen LogP contribution in [-0.4, -0.2) is 104 Å². The van der Waals surface area contributed by atoms with Crippen LogP contribution in [0.1, 0.15) is 177 Å². The van der Waals surface area contributed by atoms with Crippen LogP contribution < -0.4 is 0 Å². The Morgan fingerprint density at radius 2 is 0.359 bits per heavy atom. The lowest BCUT2D eigenvalue weighted by Gasteiger charge is -2.25. The molecule has 17 aliphatic rings. The second-order valence-corrected chi connectivity index (χ2v) is 23.1. The molecule has 5 aliphatic carbocycles. The number of hydrogen-bond donors (Lipinski definition) is 6. The smallest absolute Gasteiger partial charge is 0.124 e. The maximum atomic E-state index is 11.9. The topological polar surface area (TPSA) is 196 Å². The first kappa shape index (κ1) is 49.7. The summed E-state index contributed by atoms with van der Waals surface area (Å²) in [7, 11) is 0. The van der Waals surface area contributed by atoms with Crippen LogP contribution in [0.15, 0.2) is 103 Å². The van der Waals surface area contributed by atoms with Crippen molar-refractivity contribution in [1.82, 2.24) is 0 Å². The molecule has 18 bridgehead atoms. The number of hydrogen-bond acceptors (Lipinski definition) is 12. The second-order valence-electron chi connectivity index (χ2n) is 23.1. The molecular formula is C66H66N6O6. The van der Waals surface area contributed by atoms with E-state index in [-0.39, 0.29) is 70.7 Å². The van der Waals surface area contributed by atoms with E-state index in [1.54, 1.807) is 37.3 Å². The molecular weight excluding hydrogens is 973 g/mol. The van der Waals surface area contributed by atoms with Gasteiger partial charge < -0.3 is 30.6 Å². The van der Waals surface area contributed by atoms with E-state index in [9.17, 15) is 30.6 Å². The summed E-state index contributed by atoms with van der Waals surface area (Å²) < 4.78 is 0. The maximum absolute atomic E-state index is 11.9. The number of phenols is 6. The second kappa shape index (κ2) is 20.8. The van der Waals surface area contributed by atoms with Crippen molar-refractivity contribution in [2.24, 2.45) is 30.0 Å². The number of aliphatic imine (C=N–C) groups is 6. The van der Waals surface area contributed by atoms with Crippen molar-refractivity contribution in [3.8, 4) is 34.5 Å². The molecule has 23 rings (SSSR count). The Morgan fingerprint density at radius 1 is 0.218 bits per heavy atom. The first-order valence-electron chi connectivity index (χ1n) is 28.3. The van der Waals surface area contributed by atoms with Gasteiger partial charge in [-0.15, -0.1) is 0 Å². The molecule has 3 saturated carbocycles. The zero-order valence-corrected chi connectivity index (χ0v) is 44.0. The standard InChI is InChI=1S/C66H66N6O6/c73-61-25-43-15-39-21-51-33-69-57-9-3-5-11-59(57)72-36-54-24-42-18-48-30-66(78)53-23-41(48)16-45-26-62(74)50(20-38(45)14-46(42)28-64(54)76)32-68-56-8-2-1-7-55(56)67-31-49(61)19-37(43)13-44-27-63(75)52(22-40(44)17-47(39)29-65(51)77)34-70-58-10-4-6-12-60(58)71-35-53/h19-36,55-60,73-78H,1-18H2/t55-,56-,57-,58-,59-,60-/m0/s1. The van der Waals surface area contributed by atoms with Crippen molar-refractivity contribution in [1.29, 1.82) is 0 Å². The number of nitrogens with zero attached hydrogens (tertiary/aromatic N) is 6. The van der Waals surface area contributed by atoms with E-state index < -0.39 is 0 Å². The molecule has 78 heavy (non-hydrogen) atoms. The Morgan fingerprint density at radius 3 is 0.513 bits per heavy atom. The van der Waals surface area contributed by atoms with Crippen LogP contribution in [0, 0.1) is 0 Å². The van der Waals surface area contributed by atoms with Gasteiger partial charge in [0.1, 0.15) is 34.5 Å². The van der Waals surface area contributed by atoms with E-state index >= 15 is 0 Å². The molecule has 6 aromatic rings. The van der Waals surface area contributed by atoms with Gasteiger partial charge in [-0.1, -0.05) is 38.5 Å². The quantitative estimate of drug-likeness (QED) is 0.0874. The summed E-state index contributed by atoms with van der Waals surface area (Å²) in [5.74, 6) is 0.719. The molecule has 0 saturated heterocycles. The lowest BCUT2D eigenvalue weighted by Crippen LogP contribution is -2.27. The third kappa shape index (κ3) is 10.0. The number of phenolic OH excluding ortho intramolecular Hbond substituents is 6. The van der Waals surface area contributed by atoms with E-state index in [0.717, 1.165) is 144 Å². The first-order valence-corrected chi connectivity index (χ1v) is 28.3. The van der Waals surface area contributed by atoms with Crippen LogP contribution >= 0.6 is 0 Å². The molecule has 396 valence electrons. The fourth-order valence-corrected chi connectivity index (χ4v) is 13.4. The zero-order valence-electron chi connectivity index (χ0n) is 44.0. The van der Waals surface area contributed by atoms with E-state index in [4.69, 9.17) is 30.0 Å². The Hall–Kier alpha value is -7.86. The van der Waals surface area contributed by atoms with Crippen LogP contribution in [-0.2, 0) is 38.5 Å². The summed E-state index contributed by atoms with van der Waals surface area (Å²) >= 11 is 0. The van der Waals surface area contributed by atoms with Gasteiger partial charge in [0, 0.05) is 70.7 Å². The molecule has 0 spiro atoms. The van der Waals surface area contributed by atoms with E-state index in [1.165, 1.54) is 0 Å². The van der Waals surface area contributed by atoms with Crippen LogP contribution in [0.4, 0.5) is 0 Å². The third-order valence-corrected chi connectivity index (χ3v) is 17.9. The highest BCUT2D eigenvalue weighted by molar-refractivity contribution is 5.89. The molecule has 0 unspecified atom stereocenters. The molecule has 12 aliphatic heterocycles. The minimum Gasteiger partial charge on any atom is -0.507 e. The summed E-state index contributed by atoms with van der Waals surface area (Å²) in [6.07, 6.45) is 24.6. The van der Waals surface area contributed by atoms with Gasteiger partial charge >= 0.3 is 0 Å². The number of aromatic hydroxyl groups is 6. The molecule has 6 atom stereocenters. The van der Waals surface area contributed by atoms with Gasteiger partial charge in [0.2, 0.25) is 0 Å². The molecule has 6 N–H and O–H groups in total. The summed E-state index contributed by atoms with van der Waals surface area (Å²) in [4.78, 5) is 31.0. The SMILES string of the molecule is Oc1cc2c3cc1C=N[C@H]1CCCC[C@@H]1N=Cc1cc4c(cc1O)Cc1cc5c(O)cc1Cc1cc(c(O)cc1C4)C=N[C@H]1CCCC[C@@H]1N=Cc1cc(c(cc1O)Cc1cc(c(O)cc1C3)C=N[C@H]1CCCC[C@@H]1N=C5)C2. The molecule has 12 heteroatoms. The van der Waals surface area contributed by atoms with E-state index in [2.05, 4.69) is 0 Å². The van der Waals surface area contributed by atoms with E-state index in [1.807, 2.05) is 72.8 Å². The molecule has 6 aromatic carbocycles. The van der Waals surface area contributed by atoms with Crippen LogP contribution in [0.25, 0.3) is 0 Å². The van der Waals surface area contributed by atoms with Gasteiger partial charge in [0.05, 0.1) is 36.3 Å². The van der Waals surface area contributed by atoms with Gasteiger partial charge in [-0.3, -0.25) is 30.0 Å². The highest BCUT2D eigenvalue weighted by Crippen LogP contribution is 2.39. The largest absolute Gasteiger partial charge is 0.507 e. The van der Waals surface area contributed by atoms with Crippen molar-refractivity contribution in [3.63, 3.8) is 0 Å². The highest BCUT2D eigenvalue weighted by Gasteiger charge is 2.29. The summed E-state index contributed by atoms with van der Waals surface area (Å²) in [5, 5.41) is 71.3. The average Bonchev–Trinajstić information content (AvgIpc) is 3.52. The van der Waals surface area contributed by atoms with Crippen molar-refractivity contribution in [2.45, 2.75) is 152 Å². The maximum Gasteiger partial charge on any atom is 0.124 e. The normalized spacial score (nSPS) is 23.2. The summed E-state index contributed by atoms with van der Waals surface area (Å²) in [6, 6.07) is 22.4. The molecule has 0 radical (unpaired) electrons. The van der Waals surface area contributed by atoms with E-state index in [0.29, 0.717) is 71.9 Å². The van der Waals surface area contributed by atoms with Crippen molar-refractivity contribution in [3.05, 3.63) is 173 Å². The number of benzene rings is 6. The summed E-state index contributed by atoms with van der Waals surface area (Å²) in [5.41, 5.74) is 15.1. The average molecular weight is 1040 g/mol. The van der Waals surface area contributed by atoms with Gasteiger partial charge in [0.15, 0.2) is 0 Å². The third-order valence-electron chi connectivity index (χ3n) is 17.9. The Balaban J connectivity index is 1.05. The number of rotatable bonds is 0. The Bertz CT molecular complexity index is 2970. The fraction of sp³-hybridized carbons (Fsp3) is 0.364. The predicted molar refractivity (Wildman–Crippen MR) is 309 cm³/mol. The van der Waals surface area contributed by atoms with Crippen LogP contribution in [0.2, 0.25) is 0 Å². The Kier molecular flexibility index (Phi) is 13.3. The van der Waals surface area contributed by atoms with Gasteiger partial charge in [-0.2, -0.15) is 0 Å². The molecule has 12 nitrogen and oxygen atoms in total. The molecule has 3 fully saturated rings. The van der Waals surface area contributed by atoms with Crippen molar-refractivity contribution in [2.75, 3.05) is 0 Å². The Labute approximate surface area is 455 Å². The minimum absolute atomic E-state index is 0.120. The first-order chi connectivity index (χ1) is 38.0.